The Morgan fingerprint density at radius 3 is 2.40 bits per heavy atom. The van der Waals surface area contributed by atoms with Gasteiger partial charge in [-0.3, -0.25) is 4.79 Å². The second-order valence-electron chi connectivity index (χ2n) is 5.11. The zero-order chi connectivity index (χ0) is 15.3. The highest BCUT2D eigenvalue weighted by molar-refractivity contribution is 7.88. The molecular weight excluding hydrogens is 278 g/mol. The lowest BCUT2D eigenvalue weighted by molar-refractivity contribution is -0.118. The summed E-state index contributed by atoms with van der Waals surface area (Å²) in [5.74, 6) is -0.813. The van der Waals surface area contributed by atoms with E-state index in [1.165, 1.54) is 0 Å². The number of anilines is 1. The van der Waals surface area contributed by atoms with Gasteiger partial charge in [-0.1, -0.05) is 32.0 Å². The van der Waals surface area contributed by atoms with Gasteiger partial charge < -0.3 is 11.5 Å². The van der Waals surface area contributed by atoms with Gasteiger partial charge in [-0.25, -0.2) is 8.42 Å². The van der Waals surface area contributed by atoms with Crippen molar-refractivity contribution in [2.24, 2.45) is 11.7 Å². The van der Waals surface area contributed by atoms with Crippen LogP contribution in [-0.4, -0.2) is 31.7 Å². The topological polar surface area (TPSA) is 106 Å². The maximum atomic E-state index is 12.4. The van der Waals surface area contributed by atoms with E-state index in [1.54, 1.807) is 24.3 Å². The molecule has 0 bridgehead atoms. The lowest BCUT2D eigenvalue weighted by Gasteiger charge is -2.23. The SMILES string of the molecule is CC(C)CN(CC(N)=O)S(=O)(=O)Cc1ccccc1N. The fraction of sp³-hybridized carbons (Fsp3) is 0.462. The van der Waals surface area contributed by atoms with E-state index in [0.717, 1.165) is 4.31 Å². The average molecular weight is 299 g/mol. The Kier molecular flexibility index (Phi) is 5.52. The van der Waals surface area contributed by atoms with Crippen LogP contribution in [0.5, 0.6) is 0 Å². The van der Waals surface area contributed by atoms with Gasteiger partial charge in [0.25, 0.3) is 0 Å². The largest absolute Gasteiger partial charge is 0.398 e. The molecule has 0 radical (unpaired) electrons. The van der Waals surface area contributed by atoms with Gasteiger partial charge in [0, 0.05) is 12.2 Å². The first-order valence-electron chi connectivity index (χ1n) is 6.32. The minimum Gasteiger partial charge on any atom is -0.398 e. The zero-order valence-corrected chi connectivity index (χ0v) is 12.6. The smallest absolute Gasteiger partial charge is 0.232 e. The molecule has 0 aliphatic rings. The molecule has 1 aromatic rings. The predicted molar refractivity (Wildman–Crippen MR) is 79.1 cm³/mol. The minimum atomic E-state index is -3.64. The number of carbonyl (C=O) groups is 1. The fourth-order valence-electron chi connectivity index (χ4n) is 1.81. The first-order chi connectivity index (χ1) is 9.22. The van der Waals surface area contributed by atoms with Crippen molar-refractivity contribution in [2.75, 3.05) is 18.8 Å². The molecule has 1 rings (SSSR count). The summed E-state index contributed by atoms with van der Waals surface area (Å²) in [5.41, 5.74) is 11.8. The van der Waals surface area contributed by atoms with Crippen molar-refractivity contribution in [3.05, 3.63) is 29.8 Å². The molecule has 0 unspecified atom stereocenters. The lowest BCUT2D eigenvalue weighted by Crippen LogP contribution is -2.41. The van der Waals surface area contributed by atoms with E-state index in [2.05, 4.69) is 0 Å². The van der Waals surface area contributed by atoms with Crippen LogP contribution in [0, 0.1) is 5.92 Å². The maximum Gasteiger partial charge on any atom is 0.232 e. The van der Waals surface area contributed by atoms with Crippen LogP contribution in [0.25, 0.3) is 0 Å². The van der Waals surface area contributed by atoms with Crippen molar-refractivity contribution in [3.63, 3.8) is 0 Å². The third kappa shape index (κ3) is 4.82. The fourth-order valence-corrected chi connectivity index (χ4v) is 3.50. The quantitative estimate of drug-likeness (QED) is 0.717. The molecule has 0 aromatic heterocycles. The first kappa shape index (κ1) is 16.5. The van der Waals surface area contributed by atoms with Crippen LogP contribution < -0.4 is 11.5 Å². The molecule has 0 aliphatic heterocycles. The van der Waals surface area contributed by atoms with Crippen LogP contribution in [-0.2, 0) is 20.6 Å². The Bertz CT molecular complexity index is 570. The van der Waals surface area contributed by atoms with E-state index in [1.807, 2.05) is 13.8 Å². The van der Waals surface area contributed by atoms with Crippen LogP contribution in [0.1, 0.15) is 19.4 Å². The molecule has 0 saturated heterocycles. The molecule has 0 fully saturated rings. The van der Waals surface area contributed by atoms with Gasteiger partial charge in [-0.05, 0) is 17.5 Å². The highest BCUT2D eigenvalue weighted by atomic mass is 32.2. The first-order valence-corrected chi connectivity index (χ1v) is 7.93. The van der Waals surface area contributed by atoms with Gasteiger partial charge in [0.2, 0.25) is 15.9 Å². The molecule has 7 heteroatoms. The Labute approximate surface area is 119 Å². The molecule has 0 heterocycles. The minimum absolute atomic E-state index is 0.0947. The highest BCUT2D eigenvalue weighted by Crippen LogP contribution is 2.17. The highest BCUT2D eigenvalue weighted by Gasteiger charge is 2.25. The number of sulfonamides is 1. The van der Waals surface area contributed by atoms with Gasteiger partial charge in [0.1, 0.15) is 0 Å². The number of primary amides is 1. The van der Waals surface area contributed by atoms with Crippen molar-refractivity contribution in [1.82, 2.24) is 4.31 Å². The normalized spacial score (nSPS) is 12.0. The second-order valence-corrected chi connectivity index (χ2v) is 7.08. The molecule has 1 amide bonds. The van der Waals surface area contributed by atoms with Crippen molar-refractivity contribution in [1.29, 1.82) is 0 Å². The summed E-state index contributed by atoms with van der Waals surface area (Å²) in [6.45, 7) is 3.69. The summed E-state index contributed by atoms with van der Waals surface area (Å²) in [6.07, 6.45) is 0. The average Bonchev–Trinajstić information content (AvgIpc) is 2.30. The van der Waals surface area contributed by atoms with Crippen LogP contribution in [0.2, 0.25) is 0 Å². The molecule has 1 aromatic carbocycles. The van der Waals surface area contributed by atoms with E-state index >= 15 is 0 Å². The molecule has 4 N–H and O–H groups in total. The van der Waals surface area contributed by atoms with Crippen molar-refractivity contribution < 1.29 is 13.2 Å². The van der Waals surface area contributed by atoms with Crippen LogP contribution in [0.4, 0.5) is 5.69 Å². The standard InChI is InChI=1S/C13H21N3O3S/c1-10(2)7-16(8-13(15)17)20(18,19)9-11-5-3-4-6-12(11)14/h3-6,10H,7-9,14H2,1-2H3,(H2,15,17). The van der Waals surface area contributed by atoms with E-state index < -0.39 is 15.9 Å². The molecule has 112 valence electrons. The van der Waals surface area contributed by atoms with Gasteiger partial charge in [0.05, 0.1) is 12.3 Å². The van der Waals surface area contributed by atoms with Gasteiger partial charge in [0.15, 0.2) is 0 Å². The monoisotopic (exact) mass is 299 g/mol. The lowest BCUT2D eigenvalue weighted by atomic mass is 10.2. The number of para-hydroxylation sites is 1. The summed E-state index contributed by atoms with van der Waals surface area (Å²) >= 11 is 0. The number of hydrogen-bond acceptors (Lipinski definition) is 4. The number of nitrogen functional groups attached to an aromatic ring is 1. The number of nitrogens with two attached hydrogens (primary N) is 2. The summed E-state index contributed by atoms with van der Waals surface area (Å²) in [7, 11) is -3.64. The molecule has 0 saturated carbocycles. The number of amides is 1. The second kappa shape index (κ2) is 6.71. The van der Waals surface area contributed by atoms with Crippen LogP contribution in [0.15, 0.2) is 24.3 Å². The number of rotatable bonds is 7. The Morgan fingerprint density at radius 2 is 1.90 bits per heavy atom. The van der Waals surface area contributed by atoms with Crippen molar-refractivity contribution >= 4 is 21.6 Å². The van der Waals surface area contributed by atoms with Gasteiger partial charge >= 0.3 is 0 Å². The third-order valence-corrected chi connectivity index (χ3v) is 4.43. The predicted octanol–water partition coefficient (Wildman–Crippen LogP) is 0.542. The Morgan fingerprint density at radius 1 is 1.30 bits per heavy atom. The number of hydrogen-bond donors (Lipinski definition) is 2. The summed E-state index contributed by atoms with van der Waals surface area (Å²) in [5, 5.41) is 0. The molecule has 0 spiro atoms. The molecule has 0 aliphatic carbocycles. The number of benzene rings is 1. The maximum absolute atomic E-state index is 12.4. The Hall–Kier alpha value is -1.60. The summed E-state index contributed by atoms with van der Waals surface area (Å²) < 4.78 is 25.9. The van der Waals surface area contributed by atoms with E-state index in [0.29, 0.717) is 11.3 Å². The van der Waals surface area contributed by atoms with Crippen LogP contribution in [0.3, 0.4) is 0 Å². The molecular formula is C13H21N3O3S. The summed E-state index contributed by atoms with van der Waals surface area (Å²) in [4.78, 5) is 11.0. The third-order valence-electron chi connectivity index (χ3n) is 2.69. The van der Waals surface area contributed by atoms with Crippen LogP contribution >= 0.6 is 0 Å². The van der Waals surface area contributed by atoms with Crippen molar-refractivity contribution in [2.45, 2.75) is 19.6 Å². The van der Waals surface area contributed by atoms with E-state index in [-0.39, 0.29) is 24.8 Å². The van der Waals surface area contributed by atoms with E-state index in [9.17, 15) is 13.2 Å². The van der Waals surface area contributed by atoms with Crippen molar-refractivity contribution in [3.8, 4) is 0 Å². The number of nitrogens with zero attached hydrogens (tertiary/aromatic N) is 1. The number of carbonyl (C=O) groups excluding carboxylic acids is 1. The van der Waals surface area contributed by atoms with Gasteiger partial charge in [-0.2, -0.15) is 4.31 Å². The zero-order valence-electron chi connectivity index (χ0n) is 11.7. The molecule has 0 atom stereocenters. The molecule has 6 nitrogen and oxygen atoms in total. The summed E-state index contributed by atoms with van der Waals surface area (Å²) in [6, 6.07) is 6.76. The Balaban J connectivity index is 2.98. The molecule has 20 heavy (non-hydrogen) atoms. The van der Waals surface area contributed by atoms with Gasteiger partial charge in [-0.15, -0.1) is 0 Å². The van der Waals surface area contributed by atoms with E-state index in [4.69, 9.17) is 11.5 Å².